The average Bonchev–Trinajstić information content (AvgIpc) is 2.95. The van der Waals surface area contributed by atoms with Gasteiger partial charge >= 0.3 is 0 Å². The molecule has 0 saturated carbocycles. The summed E-state index contributed by atoms with van der Waals surface area (Å²) in [6, 6.07) is 0. The molecule has 0 spiro atoms. The standard InChI is InChI=1S/C11H14N4O2S/c1-6-8(7(2)17-15-6)4-13-11(16)9-5-18-10(3-12)14-9/h5H,3-4,12H2,1-2H3,(H,13,16). The molecule has 7 heteroatoms. The molecule has 0 aliphatic rings. The summed E-state index contributed by atoms with van der Waals surface area (Å²) in [4.78, 5) is 15.9. The molecule has 96 valence electrons. The van der Waals surface area contributed by atoms with Crippen LogP contribution in [0.5, 0.6) is 0 Å². The monoisotopic (exact) mass is 266 g/mol. The Morgan fingerprint density at radius 3 is 2.89 bits per heavy atom. The first-order valence-corrected chi connectivity index (χ1v) is 6.34. The van der Waals surface area contributed by atoms with Crippen molar-refractivity contribution in [3.8, 4) is 0 Å². The number of aromatic nitrogens is 2. The van der Waals surface area contributed by atoms with Crippen LogP contribution in [0, 0.1) is 13.8 Å². The summed E-state index contributed by atoms with van der Waals surface area (Å²) in [7, 11) is 0. The van der Waals surface area contributed by atoms with E-state index in [0.717, 1.165) is 16.3 Å². The molecule has 0 unspecified atom stereocenters. The number of nitrogens with two attached hydrogens (primary N) is 1. The van der Waals surface area contributed by atoms with Gasteiger partial charge in [0.25, 0.3) is 5.91 Å². The van der Waals surface area contributed by atoms with E-state index in [-0.39, 0.29) is 5.91 Å². The summed E-state index contributed by atoms with van der Waals surface area (Å²) < 4.78 is 5.02. The SMILES string of the molecule is Cc1noc(C)c1CNC(=O)c1csc(CN)n1. The molecule has 0 bridgehead atoms. The third-order valence-electron chi connectivity index (χ3n) is 2.57. The second-order valence-corrected chi connectivity index (χ2v) is 4.76. The predicted molar refractivity (Wildman–Crippen MR) is 67.2 cm³/mol. The summed E-state index contributed by atoms with van der Waals surface area (Å²) in [5.41, 5.74) is 7.53. The first kappa shape index (κ1) is 12.7. The van der Waals surface area contributed by atoms with Crippen molar-refractivity contribution in [2.75, 3.05) is 0 Å². The maximum absolute atomic E-state index is 11.8. The average molecular weight is 266 g/mol. The van der Waals surface area contributed by atoms with Gasteiger partial charge in [0.15, 0.2) is 0 Å². The second-order valence-electron chi connectivity index (χ2n) is 3.82. The fraction of sp³-hybridized carbons (Fsp3) is 0.364. The molecule has 0 atom stereocenters. The Kier molecular flexibility index (Phi) is 3.73. The Labute approximate surface area is 108 Å². The van der Waals surface area contributed by atoms with Crippen LogP contribution in [0.2, 0.25) is 0 Å². The van der Waals surface area contributed by atoms with Gasteiger partial charge in [0.05, 0.1) is 5.69 Å². The predicted octanol–water partition coefficient (Wildman–Crippen LogP) is 1.14. The largest absolute Gasteiger partial charge is 0.361 e. The van der Waals surface area contributed by atoms with E-state index in [4.69, 9.17) is 10.3 Å². The summed E-state index contributed by atoms with van der Waals surface area (Å²) in [6.07, 6.45) is 0. The lowest BCUT2D eigenvalue weighted by molar-refractivity contribution is 0.0946. The van der Waals surface area contributed by atoms with E-state index in [9.17, 15) is 4.79 Å². The molecule has 3 N–H and O–H groups in total. The summed E-state index contributed by atoms with van der Waals surface area (Å²) in [6.45, 7) is 4.39. The Balaban J connectivity index is 2.00. The van der Waals surface area contributed by atoms with Crippen molar-refractivity contribution in [3.05, 3.63) is 33.1 Å². The Hall–Kier alpha value is -1.73. The van der Waals surface area contributed by atoms with Crippen LogP contribution in [0.25, 0.3) is 0 Å². The van der Waals surface area contributed by atoms with Crippen LogP contribution in [-0.4, -0.2) is 16.0 Å². The van der Waals surface area contributed by atoms with Gasteiger partial charge in [-0.05, 0) is 13.8 Å². The van der Waals surface area contributed by atoms with Gasteiger partial charge in [0, 0.05) is 24.0 Å². The normalized spacial score (nSPS) is 10.6. The number of aryl methyl sites for hydroxylation is 2. The fourth-order valence-electron chi connectivity index (χ4n) is 1.52. The van der Waals surface area contributed by atoms with Crippen molar-refractivity contribution in [1.82, 2.24) is 15.5 Å². The Morgan fingerprint density at radius 2 is 2.33 bits per heavy atom. The topological polar surface area (TPSA) is 94.0 Å². The van der Waals surface area contributed by atoms with Crippen LogP contribution in [0.4, 0.5) is 0 Å². The molecular weight excluding hydrogens is 252 g/mol. The molecule has 2 rings (SSSR count). The van der Waals surface area contributed by atoms with Gasteiger partial charge in [0.1, 0.15) is 16.5 Å². The van der Waals surface area contributed by atoms with E-state index >= 15 is 0 Å². The highest BCUT2D eigenvalue weighted by Gasteiger charge is 2.13. The quantitative estimate of drug-likeness (QED) is 0.865. The van der Waals surface area contributed by atoms with Crippen molar-refractivity contribution in [2.24, 2.45) is 5.73 Å². The van der Waals surface area contributed by atoms with Gasteiger partial charge in [-0.1, -0.05) is 5.16 Å². The summed E-state index contributed by atoms with van der Waals surface area (Å²) in [5, 5.41) is 9.06. The van der Waals surface area contributed by atoms with Gasteiger partial charge in [-0.15, -0.1) is 11.3 Å². The van der Waals surface area contributed by atoms with Gasteiger partial charge < -0.3 is 15.6 Å². The zero-order valence-electron chi connectivity index (χ0n) is 10.2. The van der Waals surface area contributed by atoms with Crippen molar-refractivity contribution in [3.63, 3.8) is 0 Å². The third-order valence-corrected chi connectivity index (χ3v) is 3.44. The van der Waals surface area contributed by atoms with Gasteiger partial charge in [-0.25, -0.2) is 4.98 Å². The van der Waals surface area contributed by atoms with Crippen LogP contribution in [0.15, 0.2) is 9.90 Å². The maximum atomic E-state index is 11.8. The van der Waals surface area contributed by atoms with Gasteiger partial charge in [-0.3, -0.25) is 4.79 Å². The number of carbonyl (C=O) groups excluding carboxylic acids is 1. The van der Waals surface area contributed by atoms with E-state index in [1.165, 1.54) is 11.3 Å². The van der Waals surface area contributed by atoms with Crippen LogP contribution >= 0.6 is 11.3 Å². The number of thiazole rings is 1. The molecule has 0 saturated heterocycles. The number of nitrogens with zero attached hydrogens (tertiary/aromatic N) is 2. The highest BCUT2D eigenvalue weighted by Crippen LogP contribution is 2.12. The van der Waals surface area contributed by atoms with Crippen molar-refractivity contribution in [2.45, 2.75) is 26.9 Å². The van der Waals surface area contributed by atoms with E-state index in [2.05, 4.69) is 15.5 Å². The zero-order chi connectivity index (χ0) is 13.1. The fourth-order valence-corrected chi connectivity index (χ4v) is 2.18. The van der Waals surface area contributed by atoms with E-state index in [1.807, 2.05) is 13.8 Å². The number of nitrogens with one attached hydrogen (secondary N) is 1. The molecule has 2 aromatic heterocycles. The first-order chi connectivity index (χ1) is 8.61. The zero-order valence-corrected chi connectivity index (χ0v) is 11.0. The molecule has 2 heterocycles. The number of carbonyl (C=O) groups is 1. The second kappa shape index (κ2) is 5.28. The minimum atomic E-state index is -0.217. The number of hydrogen-bond acceptors (Lipinski definition) is 6. The van der Waals surface area contributed by atoms with Crippen LogP contribution in [-0.2, 0) is 13.1 Å². The van der Waals surface area contributed by atoms with Crippen LogP contribution in [0.3, 0.4) is 0 Å². The lowest BCUT2D eigenvalue weighted by Crippen LogP contribution is -2.23. The van der Waals surface area contributed by atoms with Crippen LogP contribution < -0.4 is 11.1 Å². The highest BCUT2D eigenvalue weighted by atomic mass is 32.1. The van der Waals surface area contributed by atoms with E-state index < -0.39 is 0 Å². The smallest absolute Gasteiger partial charge is 0.271 e. The molecule has 2 aromatic rings. The molecule has 0 aliphatic heterocycles. The molecule has 6 nitrogen and oxygen atoms in total. The van der Waals surface area contributed by atoms with E-state index in [0.29, 0.717) is 24.5 Å². The molecular formula is C11H14N4O2S. The lowest BCUT2D eigenvalue weighted by Gasteiger charge is -2.02. The number of hydrogen-bond donors (Lipinski definition) is 2. The lowest BCUT2D eigenvalue weighted by atomic mass is 10.2. The van der Waals surface area contributed by atoms with Crippen molar-refractivity contribution < 1.29 is 9.32 Å². The molecule has 0 aliphatic carbocycles. The molecule has 0 aromatic carbocycles. The number of rotatable bonds is 4. The van der Waals surface area contributed by atoms with Crippen molar-refractivity contribution in [1.29, 1.82) is 0 Å². The number of amides is 1. The van der Waals surface area contributed by atoms with E-state index in [1.54, 1.807) is 5.38 Å². The minimum absolute atomic E-state index is 0.217. The molecule has 0 radical (unpaired) electrons. The highest BCUT2D eigenvalue weighted by molar-refractivity contribution is 7.09. The summed E-state index contributed by atoms with van der Waals surface area (Å²) >= 11 is 1.38. The Bertz CT molecular complexity index is 542. The minimum Gasteiger partial charge on any atom is -0.361 e. The molecule has 0 fully saturated rings. The van der Waals surface area contributed by atoms with Crippen molar-refractivity contribution >= 4 is 17.2 Å². The van der Waals surface area contributed by atoms with Gasteiger partial charge in [-0.2, -0.15) is 0 Å². The summed E-state index contributed by atoms with van der Waals surface area (Å²) in [5.74, 6) is 0.500. The Morgan fingerprint density at radius 1 is 1.56 bits per heavy atom. The molecule has 1 amide bonds. The maximum Gasteiger partial charge on any atom is 0.271 e. The first-order valence-electron chi connectivity index (χ1n) is 5.46. The molecule has 18 heavy (non-hydrogen) atoms. The third kappa shape index (κ3) is 2.57. The van der Waals surface area contributed by atoms with Gasteiger partial charge in [0.2, 0.25) is 0 Å². The van der Waals surface area contributed by atoms with Crippen LogP contribution in [0.1, 0.15) is 32.5 Å².